The number of ether oxygens (including phenoxy) is 1. The normalized spacial score (nSPS) is 19.1. The number of aryl methyl sites for hydroxylation is 1. The first kappa shape index (κ1) is 25.0. The summed E-state index contributed by atoms with van der Waals surface area (Å²) in [5, 5.41) is 23.3. The van der Waals surface area contributed by atoms with Crippen LogP contribution in [0.3, 0.4) is 0 Å². The summed E-state index contributed by atoms with van der Waals surface area (Å²) in [5.41, 5.74) is 4.32. The molecule has 0 spiro atoms. The van der Waals surface area contributed by atoms with Crippen LogP contribution in [0.1, 0.15) is 76.3 Å². The number of phenols is 1. The van der Waals surface area contributed by atoms with E-state index in [1.54, 1.807) is 7.05 Å². The van der Waals surface area contributed by atoms with E-state index in [1.165, 1.54) is 5.57 Å². The van der Waals surface area contributed by atoms with Crippen molar-refractivity contribution in [2.24, 2.45) is 10.9 Å². The fourth-order valence-corrected chi connectivity index (χ4v) is 4.26. The number of allylic oxidation sites excluding steroid dienone is 3. The summed E-state index contributed by atoms with van der Waals surface area (Å²) < 4.78 is 6.22. The number of aliphatic imine (C=N–C) groups is 1. The van der Waals surface area contributed by atoms with Gasteiger partial charge in [0, 0.05) is 31.7 Å². The zero-order chi connectivity index (χ0) is 22.8. The Kier molecular flexibility index (Phi) is 10.1. The minimum atomic E-state index is 0.0153. The van der Waals surface area contributed by atoms with Crippen LogP contribution >= 0.6 is 0 Å². The lowest BCUT2D eigenvalue weighted by atomic mass is 9.73. The largest absolute Gasteiger partial charge is 0.507 e. The van der Waals surface area contributed by atoms with Crippen LogP contribution in [-0.4, -0.2) is 36.4 Å². The molecule has 2 atom stereocenters. The number of rotatable bonds is 10. The molecule has 0 amide bonds. The molecule has 5 nitrogen and oxygen atoms in total. The Labute approximate surface area is 187 Å². The molecule has 31 heavy (non-hydrogen) atoms. The quantitative estimate of drug-likeness (QED) is 0.200. The second-order valence-electron chi connectivity index (χ2n) is 8.65. The van der Waals surface area contributed by atoms with Gasteiger partial charge in [0.25, 0.3) is 6.02 Å². The number of amidine groups is 1. The highest BCUT2D eigenvalue weighted by molar-refractivity contribution is 5.77. The minimum absolute atomic E-state index is 0.0153. The molecule has 0 bridgehead atoms. The number of benzene rings is 1. The number of nitrogens with zero attached hydrogens (tertiary/aromatic N) is 1. The summed E-state index contributed by atoms with van der Waals surface area (Å²) in [7, 11) is 1.67. The number of phenolic OH excluding ortho intramolecular Hbond substituents is 1. The van der Waals surface area contributed by atoms with Gasteiger partial charge in [-0.2, -0.15) is 0 Å². The molecule has 1 aromatic carbocycles. The molecule has 0 saturated heterocycles. The van der Waals surface area contributed by atoms with Gasteiger partial charge in [0.2, 0.25) is 0 Å². The topological polar surface area (TPSA) is 74.1 Å². The summed E-state index contributed by atoms with van der Waals surface area (Å²) in [6.45, 7) is 11.3. The third-order valence-electron chi connectivity index (χ3n) is 5.98. The number of hydrogen-bond acceptors (Lipinski definition) is 4. The maximum atomic E-state index is 11.1. The maximum Gasteiger partial charge on any atom is 0.289 e. The van der Waals surface area contributed by atoms with E-state index in [4.69, 9.17) is 9.84 Å². The number of aliphatic hydroxyl groups excluding tert-OH is 1. The highest BCUT2D eigenvalue weighted by atomic mass is 16.5. The summed E-state index contributed by atoms with van der Waals surface area (Å²) in [5.74, 6) is 1.19. The van der Waals surface area contributed by atoms with E-state index in [-0.39, 0.29) is 24.2 Å². The van der Waals surface area contributed by atoms with Crippen molar-refractivity contribution >= 4 is 6.02 Å². The van der Waals surface area contributed by atoms with Crippen molar-refractivity contribution in [1.82, 2.24) is 5.32 Å². The average Bonchev–Trinajstić information content (AvgIpc) is 2.73. The van der Waals surface area contributed by atoms with Crippen LogP contribution in [0.2, 0.25) is 0 Å². The number of aromatic hydroxyl groups is 1. The van der Waals surface area contributed by atoms with Gasteiger partial charge in [0.05, 0.1) is 0 Å². The lowest BCUT2D eigenvalue weighted by molar-refractivity contribution is 0.288. The van der Waals surface area contributed by atoms with Gasteiger partial charge in [-0.3, -0.25) is 0 Å². The first-order valence-electron chi connectivity index (χ1n) is 11.6. The van der Waals surface area contributed by atoms with E-state index < -0.39 is 0 Å². The van der Waals surface area contributed by atoms with E-state index in [9.17, 15) is 5.11 Å². The molecule has 0 unspecified atom stereocenters. The number of aliphatic hydroxyl groups is 1. The molecule has 0 saturated carbocycles. The van der Waals surface area contributed by atoms with Gasteiger partial charge in [-0.05, 0) is 69.6 Å². The van der Waals surface area contributed by atoms with Crippen molar-refractivity contribution in [3.8, 4) is 11.5 Å². The third kappa shape index (κ3) is 7.13. The van der Waals surface area contributed by atoms with Crippen molar-refractivity contribution in [1.29, 1.82) is 0 Å². The third-order valence-corrected chi connectivity index (χ3v) is 5.98. The summed E-state index contributed by atoms with van der Waals surface area (Å²) >= 11 is 0. The molecule has 0 fully saturated rings. The van der Waals surface area contributed by atoms with Crippen molar-refractivity contribution in [2.75, 3.05) is 20.2 Å². The van der Waals surface area contributed by atoms with Crippen LogP contribution in [0.4, 0.5) is 0 Å². The van der Waals surface area contributed by atoms with E-state index in [0.717, 1.165) is 55.2 Å². The van der Waals surface area contributed by atoms with Crippen molar-refractivity contribution < 1.29 is 14.9 Å². The average molecular weight is 429 g/mol. The first-order valence-corrected chi connectivity index (χ1v) is 11.6. The number of hydrogen-bond donors (Lipinski definition) is 3. The summed E-state index contributed by atoms with van der Waals surface area (Å²) in [6.07, 6.45) is 9.22. The molecule has 0 heterocycles. The summed E-state index contributed by atoms with van der Waals surface area (Å²) in [4.78, 5) is 4.23. The minimum Gasteiger partial charge on any atom is -0.507 e. The Morgan fingerprint density at radius 2 is 2.06 bits per heavy atom. The van der Waals surface area contributed by atoms with Gasteiger partial charge in [-0.1, -0.05) is 43.6 Å². The van der Waals surface area contributed by atoms with Gasteiger partial charge >= 0.3 is 0 Å². The molecule has 2 rings (SSSR count). The fourth-order valence-electron chi connectivity index (χ4n) is 4.26. The smallest absolute Gasteiger partial charge is 0.289 e. The first-order chi connectivity index (χ1) is 14.9. The van der Waals surface area contributed by atoms with Crippen LogP contribution in [0, 0.1) is 5.92 Å². The van der Waals surface area contributed by atoms with Crippen LogP contribution in [0.5, 0.6) is 11.5 Å². The Morgan fingerprint density at radius 1 is 1.29 bits per heavy atom. The molecule has 0 aliphatic heterocycles. The van der Waals surface area contributed by atoms with Gasteiger partial charge < -0.3 is 20.3 Å². The van der Waals surface area contributed by atoms with Gasteiger partial charge in [0.15, 0.2) is 0 Å². The van der Waals surface area contributed by atoms with Crippen LogP contribution in [0.15, 0.2) is 40.9 Å². The van der Waals surface area contributed by atoms with Crippen LogP contribution < -0.4 is 10.1 Å². The molecule has 172 valence electrons. The Hall–Kier alpha value is -2.27. The van der Waals surface area contributed by atoms with Crippen LogP contribution in [-0.2, 0) is 6.42 Å². The van der Waals surface area contributed by atoms with E-state index in [2.05, 4.69) is 49.8 Å². The zero-order valence-electron chi connectivity index (χ0n) is 19.7. The molecule has 1 aliphatic carbocycles. The van der Waals surface area contributed by atoms with Gasteiger partial charge in [0.1, 0.15) is 11.5 Å². The van der Waals surface area contributed by atoms with E-state index in [1.807, 2.05) is 6.07 Å². The highest BCUT2D eigenvalue weighted by Gasteiger charge is 2.31. The number of unbranched alkanes of at least 4 members (excludes halogenated alkanes) is 2. The van der Waals surface area contributed by atoms with Gasteiger partial charge in [-0.25, -0.2) is 4.99 Å². The Bertz CT molecular complexity index is 798. The molecular formula is C26H40N2O3. The summed E-state index contributed by atoms with van der Waals surface area (Å²) in [6, 6.07) is 4.34. The molecule has 5 heteroatoms. The molecule has 0 aromatic heterocycles. The standard InChI is InChI=1S/C26H40N2O3/c1-6-7-8-10-20-16-23(30)25(22-15-19(4)11-12-21(22)18(2)3)24(17-20)31-26(27-5)28-13-9-14-29/h15-17,21-22,29-30H,2,6-14H2,1,3-5H3,(H,27,28)/t21-,22+/m0/s1. The highest BCUT2D eigenvalue weighted by Crippen LogP contribution is 2.47. The van der Waals surface area contributed by atoms with Crippen LogP contribution in [0.25, 0.3) is 0 Å². The van der Waals surface area contributed by atoms with Gasteiger partial charge in [-0.15, -0.1) is 0 Å². The lowest BCUT2D eigenvalue weighted by Gasteiger charge is -2.32. The van der Waals surface area contributed by atoms with E-state index in [0.29, 0.717) is 24.7 Å². The predicted molar refractivity (Wildman–Crippen MR) is 129 cm³/mol. The molecular weight excluding hydrogens is 388 g/mol. The van der Waals surface area contributed by atoms with E-state index >= 15 is 0 Å². The SMILES string of the molecule is C=C(C)[C@@H]1CCC(C)=C[C@H]1c1c(O)cc(CCCCC)cc1OC(=NC)NCCCO. The molecule has 3 N–H and O–H groups in total. The molecule has 1 aliphatic rings. The Morgan fingerprint density at radius 3 is 2.71 bits per heavy atom. The predicted octanol–water partition coefficient (Wildman–Crippen LogP) is 5.48. The maximum absolute atomic E-state index is 11.1. The van der Waals surface area contributed by atoms with Crippen molar-refractivity contribution in [2.45, 2.75) is 71.6 Å². The second kappa shape index (κ2) is 12.6. The second-order valence-corrected chi connectivity index (χ2v) is 8.65. The monoisotopic (exact) mass is 428 g/mol. The zero-order valence-corrected chi connectivity index (χ0v) is 19.7. The molecule has 0 radical (unpaired) electrons. The fraction of sp³-hybridized carbons (Fsp3) is 0.577. The number of nitrogens with one attached hydrogen (secondary N) is 1. The van der Waals surface area contributed by atoms with Crippen molar-refractivity contribution in [3.05, 3.63) is 47.1 Å². The Balaban J connectivity index is 2.47. The lowest BCUT2D eigenvalue weighted by Crippen LogP contribution is -2.30. The molecule has 1 aromatic rings. The van der Waals surface area contributed by atoms with Crippen molar-refractivity contribution in [3.63, 3.8) is 0 Å².